The molecule has 34 heavy (non-hydrogen) atoms. The Morgan fingerprint density at radius 3 is 2.68 bits per heavy atom. The Labute approximate surface area is 200 Å². The number of hydrogen-bond donors (Lipinski definition) is 4. The molecule has 0 unspecified atom stereocenters. The summed E-state index contributed by atoms with van der Waals surface area (Å²) in [5.74, 6) is 0.664. The zero-order valence-corrected chi connectivity index (χ0v) is 20.4. The van der Waals surface area contributed by atoms with Crippen LogP contribution < -0.4 is 26.6 Å². The lowest BCUT2D eigenvalue weighted by Crippen LogP contribution is -2.33. The van der Waals surface area contributed by atoms with Crippen molar-refractivity contribution in [2.45, 2.75) is 53.1 Å². The van der Waals surface area contributed by atoms with Crippen molar-refractivity contribution < 1.29 is 14.3 Å². The van der Waals surface area contributed by atoms with Gasteiger partial charge in [-0.1, -0.05) is 12.1 Å². The number of nitrogens with zero attached hydrogens (tertiary/aromatic N) is 3. The lowest BCUT2D eigenvalue weighted by molar-refractivity contribution is -0.116. The van der Waals surface area contributed by atoms with Crippen molar-refractivity contribution in [3.8, 4) is 0 Å². The second-order valence-electron chi connectivity index (χ2n) is 8.95. The first-order valence-corrected chi connectivity index (χ1v) is 11.3. The number of carbonyl (C=O) groups is 2. The highest BCUT2D eigenvalue weighted by Crippen LogP contribution is 2.37. The van der Waals surface area contributed by atoms with Crippen LogP contribution in [0.15, 0.2) is 36.3 Å². The predicted octanol–water partition coefficient (Wildman–Crippen LogP) is 3.57. The van der Waals surface area contributed by atoms with Crippen molar-refractivity contribution in [2.24, 2.45) is 5.73 Å². The van der Waals surface area contributed by atoms with Crippen LogP contribution in [0.2, 0.25) is 0 Å². The molecule has 1 aliphatic rings. The molecule has 2 aromatic rings. The Morgan fingerprint density at radius 1 is 1.24 bits per heavy atom. The molecule has 5 N–H and O–H groups in total. The molecule has 182 valence electrons. The van der Waals surface area contributed by atoms with Crippen LogP contribution in [-0.4, -0.2) is 40.7 Å². The van der Waals surface area contributed by atoms with E-state index in [1.54, 1.807) is 27.0 Å². The topological polar surface area (TPSA) is 134 Å². The molecule has 0 atom stereocenters. The number of hydrogen-bond acceptors (Lipinski definition) is 8. The fourth-order valence-electron chi connectivity index (χ4n) is 3.50. The number of para-hydroxylation sites is 2. The molecular weight excluding hydrogens is 434 g/mol. The number of aryl methyl sites for hydroxylation is 1. The van der Waals surface area contributed by atoms with E-state index in [4.69, 9.17) is 10.5 Å². The maximum absolute atomic E-state index is 12.4. The zero-order valence-electron chi connectivity index (χ0n) is 20.4. The summed E-state index contributed by atoms with van der Waals surface area (Å²) in [6.45, 7) is 10.3. The number of fused-ring (bicyclic) bond motifs is 1. The normalized spacial score (nSPS) is 14.2. The maximum atomic E-state index is 12.4. The number of nitrogens with two attached hydrogens (primary N) is 1. The highest BCUT2D eigenvalue weighted by molar-refractivity contribution is 5.90. The van der Waals surface area contributed by atoms with Gasteiger partial charge in [-0.3, -0.25) is 10.1 Å². The lowest BCUT2D eigenvalue weighted by Gasteiger charge is -2.20. The molecule has 0 saturated carbocycles. The van der Waals surface area contributed by atoms with Gasteiger partial charge in [0.05, 0.1) is 22.8 Å². The van der Waals surface area contributed by atoms with Crippen LogP contribution in [0.3, 0.4) is 0 Å². The Hall–Kier alpha value is -3.82. The Balaban J connectivity index is 1.64. The molecule has 1 aliphatic heterocycles. The summed E-state index contributed by atoms with van der Waals surface area (Å²) in [5, 5.41) is 8.70. The van der Waals surface area contributed by atoms with E-state index >= 15 is 0 Å². The molecule has 2 heterocycles. The van der Waals surface area contributed by atoms with E-state index in [1.165, 1.54) is 0 Å². The fourth-order valence-corrected chi connectivity index (χ4v) is 3.50. The first-order valence-electron chi connectivity index (χ1n) is 11.3. The van der Waals surface area contributed by atoms with Gasteiger partial charge in [0.2, 0.25) is 11.9 Å². The minimum Gasteiger partial charge on any atom is -0.444 e. The third-order valence-electron chi connectivity index (χ3n) is 5.02. The molecule has 1 aromatic carbocycles. The van der Waals surface area contributed by atoms with Crippen LogP contribution in [-0.2, 0) is 9.53 Å². The maximum Gasteiger partial charge on any atom is 0.407 e. The molecule has 0 saturated heterocycles. The summed E-state index contributed by atoms with van der Waals surface area (Å²) in [4.78, 5) is 34.8. The van der Waals surface area contributed by atoms with E-state index in [1.807, 2.05) is 38.1 Å². The van der Waals surface area contributed by atoms with Crippen LogP contribution in [0.1, 0.15) is 51.8 Å². The number of amides is 2. The standard InChI is InChI=1S/C24H33N7O3/c1-6-31-17-11-8-7-10-16(17)28-21(31)19(25)20-15(2)14-27-22(30-20)29-18(32)12-9-13-26-23(33)34-24(3,4)5/h7-8,10-11,14,28H,6,9,12-13,25H2,1-5H3,(H,26,33)(H,27,29,30,32)/b21-19-. The smallest absolute Gasteiger partial charge is 0.407 e. The number of anilines is 3. The molecule has 10 heteroatoms. The summed E-state index contributed by atoms with van der Waals surface area (Å²) >= 11 is 0. The number of alkyl carbamates (subject to hydrolysis) is 1. The molecular formula is C24H33N7O3. The molecule has 0 fully saturated rings. The van der Waals surface area contributed by atoms with E-state index in [0.717, 1.165) is 29.3 Å². The summed E-state index contributed by atoms with van der Waals surface area (Å²) in [5.41, 5.74) is 9.80. The van der Waals surface area contributed by atoms with Crippen molar-refractivity contribution in [2.75, 3.05) is 28.6 Å². The lowest BCUT2D eigenvalue weighted by atomic mass is 10.2. The number of carbonyl (C=O) groups excluding carboxylic acids is 2. The summed E-state index contributed by atoms with van der Waals surface area (Å²) in [6, 6.07) is 7.97. The summed E-state index contributed by atoms with van der Waals surface area (Å²) < 4.78 is 5.17. The number of benzene rings is 1. The Bertz CT molecular complexity index is 1090. The predicted molar refractivity (Wildman–Crippen MR) is 133 cm³/mol. The van der Waals surface area contributed by atoms with Gasteiger partial charge in [0, 0.05) is 25.7 Å². The minimum absolute atomic E-state index is 0.174. The van der Waals surface area contributed by atoms with Crippen LogP contribution in [0.25, 0.3) is 5.70 Å². The molecule has 2 amide bonds. The zero-order chi connectivity index (χ0) is 24.9. The van der Waals surface area contributed by atoms with Gasteiger partial charge in [0.15, 0.2) is 0 Å². The van der Waals surface area contributed by atoms with E-state index in [0.29, 0.717) is 24.4 Å². The average Bonchev–Trinajstić information content (AvgIpc) is 3.15. The summed E-state index contributed by atoms with van der Waals surface area (Å²) in [6.07, 6.45) is 1.77. The third kappa shape index (κ3) is 6.15. The van der Waals surface area contributed by atoms with Crippen molar-refractivity contribution in [3.05, 3.63) is 47.5 Å². The SMILES string of the molecule is CCN1/C(=C(\N)c2nc(NC(=O)CCCNC(=O)OC(C)(C)C)ncc2C)Nc2ccccc21. The van der Waals surface area contributed by atoms with Gasteiger partial charge in [-0.25, -0.2) is 14.8 Å². The van der Waals surface area contributed by atoms with E-state index in [2.05, 4.69) is 30.8 Å². The van der Waals surface area contributed by atoms with Crippen LogP contribution in [0.4, 0.5) is 22.1 Å². The third-order valence-corrected chi connectivity index (χ3v) is 5.02. The molecule has 1 aromatic heterocycles. The largest absolute Gasteiger partial charge is 0.444 e. The first kappa shape index (κ1) is 24.8. The average molecular weight is 468 g/mol. The minimum atomic E-state index is -0.565. The van der Waals surface area contributed by atoms with Crippen molar-refractivity contribution in [1.29, 1.82) is 0 Å². The highest BCUT2D eigenvalue weighted by atomic mass is 16.6. The molecule has 0 radical (unpaired) electrons. The first-order chi connectivity index (χ1) is 16.1. The van der Waals surface area contributed by atoms with Crippen LogP contribution in [0, 0.1) is 6.92 Å². The molecule has 3 rings (SSSR count). The Morgan fingerprint density at radius 2 is 1.97 bits per heavy atom. The van der Waals surface area contributed by atoms with Gasteiger partial charge < -0.3 is 26.0 Å². The van der Waals surface area contributed by atoms with Crippen molar-refractivity contribution >= 4 is 35.0 Å². The quantitative estimate of drug-likeness (QED) is 0.454. The second-order valence-corrected chi connectivity index (χ2v) is 8.95. The van der Waals surface area contributed by atoms with Crippen molar-refractivity contribution in [3.63, 3.8) is 0 Å². The molecule has 10 nitrogen and oxygen atoms in total. The van der Waals surface area contributed by atoms with Gasteiger partial charge in [-0.15, -0.1) is 0 Å². The van der Waals surface area contributed by atoms with Crippen LogP contribution >= 0.6 is 0 Å². The van der Waals surface area contributed by atoms with E-state index < -0.39 is 11.7 Å². The number of nitrogens with one attached hydrogen (secondary N) is 3. The van der Waals surface area contributed by atoms with Gasteiger partial charge in [-0.2, -0.15) is 0 Å². The Kier molecular flexibility index (Phi) is 7.60. The van der Waals surface area contributed by atoms with Gasteiger partial charge in [0.1, 0.15) is 11.4 Å². The van der Waals surface area contributed by atoms with Gasteiger partial charge in [0.25, 0.3) is 0 Å². The second kappa shape index (κ2) is 10.4. The van der Waals surface area contributed by atoms with Gasteiger partial charge >= 0.3 is 6.09 Å². The van der Waals surface area contributed by atoms with E-state index in [-0.39, 0.29) is 18.3 Å². The highest BCUT2D eigenvalue weighted by Gasteiger charge is 2.26. The van der Waals surface area contributed by atoms with Crippen molar-refractivity contribution in [1.82, 2.24) is 15.3 Å². The monoisotopic (exact) mass is 467 g/mol. The molecule has 0 spiro atoms. The number of aromatic nitrogens is 2. The fraction of sp³-hybridized carbons (Fsp3) is 0.417. The molecule has 0 bridgehead atoms. The van der Waals surface area contributed by atoms with Crippen LogP contribution in [0.5, 0.6) is 0 Å². The van der Waals surface area contributed by atoms with E-state index in [9.17, 15) is 9.59 Å². The number of ether oxygens (including phenoxy) is 1. The molecule has 0 aliphatic carbocycles. The van der Waals surface area contributed by atoms with Gasteiger partial charge in [-0.05, 0) is 58.7 Å². The number of rotatable bonds is 7. The summed E-state index contributed by atoms with van der Waals surface area (Å²) in [7, 11) is 0.